The first-order chi connectivity index (χ1) is 8.36. The first-order valence-electron chi connectivity index (χ1n) is 5.75. The summed E-state index contributed by atoms with van der Waals surface area (Å²) in [5, 5.41) is 18.7. The van der Waals surface area contributed by atoms with Crippen LogP contribution in [0, 0.1) is 0 Å². The Bertz CT molecular complexity index is 461. The highest BCUT2D eigenvalue weighted by atomic mass is 16.5. The van der Waals surface area contributed by atoms with Crippen LogP contribution in [-0.4, -0.2) is 22.8 Å². The quantitative estimate of drug-likeness (QED) is 0.489. The van der Waals surface area contributed by atoms with E-state index in [-0.39, 0.29) is 11.5 Å². The molecule has 0 radical (unpaired) electrons. The number of carbonyl (C=O) groups is 1. The molecule has 0 bridgehead atoms. The third-order valence-corrected chi connectivity index (χ3v) is 2.64. The van der Waals surface area contributed by atoms with E-state index in [2.05, 4.69) is 0 Å². The zero-order valence-corrected chi connectivity index (χ0v) is 10.8. The molecule has 0 saturated carbocycles. The Labute approximate surface area is 107 Å². The molecular weight excluding hydrogens is 232 g/mol. The fourth-order valence-electron chi connectivity index (χ4n) is 1.49. The molecule has 0 amide bonds. The summed E-state index contributed by atoms with van der Waals surface area (Å²) in [4.78, 5) is 11.2. The molecular formula is C14H18O4. The summed E-state index contributed by atoms with van der Waals surface area (Å²) in [6.07, 6.45) is 3.07. The van der Waals surface area contributed by atoms with Gasteiger partial charge in [-0.1, -0.05) is 26.0 Å². The lowest BCUT2D eigenvalue weighted by Gasteiger charge is -2.21. The van der Waals surface area contributed by atoms with Gasteiger partial charge in [-0.15, -0.1) is 0 Å². The Balaban J connectivity index is 2.91. The van der Waals surface area contributed by atoms with Crippen molar-refractivity contribution in [2.45, 2.75) is 26.2 Å². The van der Waals surface area contributed by atoms with Crippen molar-refractivity contribution in [3.8, 4) is 11.5 Å². The lowest BCUT2D eigenvalue weighted by molar-refractivity contribution is -0.137. The van der Waals surface area contributed by atoms with Gasteiger partial charge in [0.15, 0.2) is 11.5 Å². The lowest BCUT2D eigenvalue weighted by atomic mass is 9.84. The summed E-state index contributed by atoms with van der Waals surface area (Å²) in [5.74, 6) is -0.734. The fraction of sp³-hybridized carbons (Fsp3) is 0.357. The molecule has 1 rings (SSSR count). The van der Waals surface area contributed by atoms with Crippen LogP contribution in [0.3, 0.4) is 0 Å². The van der Waals surface area contributed by atoms with E-state index < -0.39 is 11.4 Å². The van der Waals surface area contributed by atoms with Crippen LogP contribution in [0.5, 0.6) is 11.5 Å². The number of esters is 1. The van der Waals surface area contributed by atoms with Gasteiger partial charge in [0.05, 0.1) is 6.61 Å². The molecule has 0 unspecified atom stereocenters. The maximum atomic E-state index is 11.2. The van der Waals surface area contributed by atoms with Crippen molar-refractivity contribution in [2.75, 3.05) is 6.61 Å². The molecule has 0 heterocycles. The monoisotopic (exact) mass is 250 g/mol. The third-order valence-electron chi connectivity index (χ3n) is 2.64. The molecule has 0 spiro atoms. The highest BCUT2D eigenvalue weighted by Crippen LogP contribution is 2.32. The van der Waals surface area contributed by atoms with E-state index in [0.29, 0.717) is 6.61 Å². The Morgan fingerprint density at radius 1 is 1.33 bits per heavy atom. The summed E-state index contributed by atoms with van der Waals surface area (Å²) in [7, 11) is 0. The molecule has 0 atom stereocenters. The van der Waals surface area contributed by atoms with Crippen molar-refractivity contribution >= 4 is 5.97 Å². The van der Waals surface area contributed by atoms with Crippen LogP contribution in [0.25, 0.3) is 0 Å². The van der Waals surface area contributed by atoms with Gasteiger partial charge in [-0.3, -0.25) is 0 Å². The summed E-state index contributed by atoms with van der Waals surface area (Å²) >= 11 is 0. The predicted octanol–water partition coefficient (Wildman–Crippen LogP) is 2.49. The molecule has 1 aromatic rings. The van der Waals surface area contributed by atoms with E-state index in [1.54, 1.807) is 19.1 Å². The number of hydrogen-bond donors (Lipinski definition) is 2. The predicted molar refractivity (Wildman–Crippen MR) is 68.6 cm³/mol. The molecule has 18 heavy (non-hydrogen) atoms. The minimum atomic E-state index is -0.446. The van der Waals surface area contributed by atoms with Crippen LogP contribution in [0.2, 0.25) is 0 Å². The molecule has 4 nitrogen and oxygen atoms in total. The van der Waals surface area contributed by atoms with E-state index in [9.17, 15) is 15.0 Å². The van der Waals surface area contributed by atoms with E-state index in [1.165, 1.54) is 18.2 Å². The van der Waals surface area contributed by atoms with Gasteiger partial charge >= 0.3 is 5.97 Å². The average Bonchev–Trinajstić information content (AvgIpc) is 2.30. The Morgan fingerprint density at radius 2 is 2.00 bits per heavy atom. The van der Waals surface area contributed by atoms with Crippen LogP contribution < -0.4 is 0 Å². The van der Waals surface area contributed by atoms with Crippen molar-refractivity contribution in [1.82, 2.24) is 0 Å². The van der Waals surface area contributed by atoms with Crippen molar-refractivity contribution in [1.29, 1.82) is 0 Å². The SMILES string of the molecule is CCOC(=O)C=CC(C)(C)c1ccc(O)c(O)c1. The van der Waals surface area contributed by atoms with E-state index in [0.717, 1.165) is 5.56 Å². The number of hydrogen-bond acceptors (Lipinski definition) is 4. The van der Waals surface area contributed by atoms with Crippen LogP contribution >= 0.6 is 0 Å². The number of carbonyl (C=O) groups excluding carboxylic acids is 1. The van der Waals surface area contributed by atoms with Crippen molar-refractivity contribution in [3.05, 3.63) is 35.9 Å². The first-order valence-corrected chi connectivity index (χ1v) is 5.75. The topological polar surface area (TPSA) is 66.8 Å². The number of rotatable bonds is 4. The normalized spacial score (nSPS) is 11.7. The molecule has 2 N–H and O–H groups in total. The second-order valence-corrected chi connectivity index (χ2v) is 4.51. The number of aromatic hydroxyl groups is 2. The second kappa shape index (κ2) is 5.58. The van der Waals surface area contributed by atoms with E-state index in [4.69, 9.17) is 4.74 Å². The Morgan fingerprint density at radius 3 is 2.56 bits per heavy atom. The van der Waals surface area contributed by atoms with Gasteiger partial charge in [-0.25, -0.2) is 4.79 Å². The first kappa shape index (κ1) is 14.1. The molecule has 4 heteroatoms. The van der Waals surface area contributed by atoms with Crippen molar-refractivity contribution in [3.63, 3.8) is 0 Å². The number of allylic oxidation sites excluding steroid dienone is 1. The van der Waals surface area contributed by atoms with Gasteiger partial charge in [0, 0.05) is 11.5 Å². The van der Waals surface area contributed by atoms with E-state index >= 15 is 0 Å². The highest BCUT2D eigenvalue weighted by molar-refractivity contribution is 5.82. The molecule has 0 aromatic heterocycles. The van der Waals surface area contributed by atoms with Crippen LogP contribution in [0.1, 0.15) is 26.3 Å². The largest absolute Gasteiger partial charge is 0.504 e. The molecule has 0 aliphatic rings. The lowest BCUT2D eigenvalue weighted by Crippen LogP contribution is -2.14. The molecule has 0 aliphatic heterocycles. The van der Waals surface area contributed by atoms with Gasteiger partial charge in [-0.05, 0) is 24.6 Å². The average molecular weight is 250 g/mol. The van der Waals surface area contributed by atoms with Gasteiger partial charge in [0.2, 0.25) is 0 Å². The number of benzene rings is 1. The Kier molecular flexibility index (Phi) is 4.37. The molecule has 98 valence electrons. The molecule has 0 aliphatic carbocycles. The Hall–Kier alpha value is -1.97. The van der Waals surface area contributed by atoms with E-state index in [1.807, 2.05) is 13.8 Å². The smallest absolute Gasteiger partial charge is 0.330 e. The standard InChI is InChI=1S/C14H18O4/c1-4-18-13(17)7-8-14(2,3)10-5-6-11(15)12(16)9-10/h5-9,15-16H,4H2,1-3H3. The summed E-state index contributed by atoms with van der Waals surface area (Å²) < 4.78 is 4.80. The maximum Gasteiger partial charge on any atom is 0.330 e. The summed E-state index contributed by atoms with van der Waals surface area (Å²) in [6.45, 7) is 5.88. The maximum absolute atomic E-state index is 11.2. The zero-order chi connectivity index (χ0) is 13.8. The minimum Gasteiger partial charge on any atom is -0.504 e. The fourth-order valence-corrected chi connectivity index (χ4v) is 1.49. The van der Waals surface area contributed by atoms with Gasteiger partial charge < -0.3 is 14.9 Å². The van der Waals surface area contributed by atoms with Crippen molar-refractivity contribution in [2.24, 2.45) is 0 Å². The number of phenolic OH excluding ortho intramolecular Hbond substituents is 2. The summed E-state index contributed by atoms with van der Waals surface area (Å²) in [6, 6.07) is 4.60. The molecule has 1 aromatic carbocycles. The third kappa shape index (κ3) is 3.52. The van der Waals surface area contributed by atoms with Crippen LogP contribution in [-0.2, 0) is 14.9 Å². The number of phenols is 2. The van der Waals surface area contributed by atoms with Crippen LogP contribution in [0.4, 0.5) is 0 Å². The van der Waals surface area contributed by atoms with Gasteiger partial charge in [-0.2, -0.15) is 0 Å². The second-order valence-electron chi connectivity index (χ2n) is 4.51. The molecule has 0 fully saturated rings. The van der Waals surface area contributed by atoms with Crippen LogP contribution in [0.15, 0.2) is 30.4 Å². The van der Waals surface area contributed by atoms with Gasteiger partial charge in [0.25, 0.3) is 0 Å². The zero-order valence-electron chi connectivity index (χ0n) is 10.8. The minimum absolute atomic E-state index is 0.163. The molecule has 0 saturated heterocycles. The van der Waals surface area contributed by atoms with Gasteiger partial charge in [0.1, 0.15) is 0 Å². The number of ether oxygens (including phenoxy) is 1. The summed E-state index contributed by atoms with van der Waals surface area (Å²) in [5.41, 5.74) is 0.344. The highest BCUT2D eigenvalue weighted by Gasteiger charge is 2.18. The van der Waals surface area contributed by atoms with Crippen molar-refractivity contribution < 1.29 is 19.7 Å².